The number of hydrogen-bond acceptors (Lipinski definition) is 3. The van der Waals surface area contributed by atoms with Crippen molar-refractivity contribution in [2.24, 2.45) is 5.92 Å². The van der Waals surface area contributed by atoms with Crippen LogP contribution in [0.5, 0.6) is 0 Å². The van der Waals surface area contributed by atoms with Crippen LogP contribution in [0.2, 0.25) is 0 Å². The third-order valence-electron chi connectivity index (χ3n) is 3.76. The first-order valence-corrected chi connectivity index (χ1v) is 6.71. The van der Waals surface area contributed by atoms with Gasteiger partial charge < -0.3 is 10.1 Å². The Hall–Kier alpha value is -0.120. The van der Waals surface area contributed by atoms with Gasteiger partial charge in [-0.1, -0.05) is 13.8 Å². The molecule has 0 amide bonds. The highest BCUT2D eigenvalue weighted by Crippen LogP contribution is 2.23. The predicted octanol–water partition coefficient (Wildman–Crippen LogP) is 2.12. The van der Waals surface area contributed by atoms with Gasteiger partial charge in [0.25, 0.3) is 0 Å². The second-order valence-corrected chi connectivity index (χ2v) is 6.94. The Labute approximate surface area is 107 Å². The molecule has 1 fully saturated rings. The van der Waals surface area contributed by atoms with Crippen LogP contribution in [0, 0.1) is 5.92 Å². The number of piperazine rings is 1. The van der Waals surface area contributed by atoms with Crippen LogP contribution < -0.4 is 5.32 Å². The van der Waals surface area contributed by atoms with Crippen molar-refractivity contribution in [3.05, 3.63) is 0 Å². The Morgan fingerprint density at radius 2 is 2.00 bits per heavy atom. The molecule has 1 aliphatic rings. The molecule has 1 N–H and O–H groups in total. The van der Waals surface area contributed by atoms with Gasteiger partial charge in [0.15, 0.2) is 0 Å². The molecule has 1 unspecified atom stereocenters. The van der Waals surface area contributed by atoms with Crippen molar-refractivity contribution in [2.45, 2.75) is 58.7 Å². The smallest absolute Gasteiger partial charge is 0.0749 e. The van der Waals surface area contributed by atoms with Gasteiger partial charge in [0.1, 0.15) is 0 Å². The zero-order chi connectivity index (χ0) is 13.3. The van der Waals surface area contributed by atoms with Crippen LogP contribution in [-0.4, -0.2) is 48.8 Å². The average Bonchev–Trinajstić information content (AvgIpc) is 2.15. The minimum Gasteiger partial charge on any atom is -0.377 e. The number of ether oxygens (including phenoxy) is 1. The second-order valence-electron chi connectivity index (χ2n) is 6.94. The molecule has 1 heterocycles. The zero-order valence-electron chi connectivity index (χ0n) is 12.6. The van der Waals surface area contributed by atoms with E-state index >= 15 is 0 Å². The molecule has 0 radical (unpaired) electrons. The largest absolute Gasteiger partial charge is 0.377 e. The van der Waals surface area contributed by atoms with E-state index in [4.69, 9.17) is 4.74 Å². The molecule has 1 aliphatic heterocycles. The van der Waals surface area contributed by atoms with Gasteiger partial charge in [0.2, 0.25) is 0 Å². The zero-order valence-corrected chi connectivity index (χ0v) is 12.6. The molecule has 0 aromatic heterocycles. The van der Waals surface area contributed by atoms with Crippen molar-refractivity contribution in [1.82, 2.24) is 10.2 Å². The van der Waals surface area contributed by atoms with Crippen molar-refractivity contribution in [3.8, 4) is 0 Å². The number of methoxy groups -OCH3 is 1. The highest BCUT2D eigenvalue weighted by Gasteiger charge is 2.36. The Morgan fingerprint density at radius 3 is 2.47 bits per heavy atom. The maximum absolute atomic E-state index is 5.57. The number of nitrogens with zero attached hydrogens (tertiary/aromatic N) is 1. The lowest BCUT2D eigenvalue weighted by Gasteiger charge is -2.48. The highest BCUT2D eigenvalue weighted by atomic mass is 16.5. The van der Waals surface area contributed by atoms with Gasteiger partial charge in [-0.15, -0.1) is 0 Å². The maximum atomic E-state index is 5.57. The standard InChI is InChI=1S/C14H30N2O/c1-11(2)12-8-15-13(3,4)9-16(12)10-14(5,6)17-7/h11-12,15H,8-10H2,1-7H3. The van der Waals surface area contributed by atoms with Gasteiger partial charge in [0.05, 0.1) is 5.60 Å². The van der Waals surface area contributed by atoms with Crippen molar-refractivity contribution in [1.29, 1.82) is 0 Å². The highest BCUT2D eigenvalue weighted by molar-refractivity contribution is 4.95. The van der Waals surface area contributed by atoms with Gasteiger partial charge in [-0.2, -0.15) is 0 Å². The Bertz CT molecular complexity index is 249. The number of rotatable bonds is 4. The van der Waals surface area contributed by atoms with E-state index in [-0.39, 0.29) is 11.1 Å². The third-order valence-corrected chi connectivity index (χ3v) is 3.76. The van der Waals surface area contributed by atoms with E-state index in [0.717, 1.165) is 19.6 Å². The second kappa shape index (κ2) is 5.25. The van der Waals surface area contributed by atoms with Crippen molar-refractivity contribution >= 4 is 0 Å². The SMILES string of the molecule is COC(C)(C)CN1CC(C)(C)NCC1C(C)C. The molecule has 0 bridgehead atoms. The maximum Gasteiger partial charge on any atom is 0.0749 e. The van der Waals surface area contributed by atoms with E-state index in [9.17, 15) is 0 Å². The quantitative estimate of drug-likeness (QED) is 0.817. The van der Waals surface area contributed by atoms with E-state index < -0.39 is 0 Å². The van der Waals surface area contributed by atoms with Crippen LogP contribution in [0.3, 0.4) is 0 Å². The van der Waals surface area contributed by atoms with Crippen molar-refractivity contribution < 1.29 is 4.74 Å². The summed E-state index contributed by atoms with van der Waals surface area (Å²) >= 11 is 0. The van der Waals surface area contributed by atoms with Crippen LogP contribution in [0.15, 0.2) is 0 Å². The topological polar surface area (TPSA) is 24.5 Å². The predicted molar refractivity (Wildman–Crippen MR) is 73.4 cm³/mol. The van der Waals surface area contributed by atoms with Crippen LogP contribution in [0.1, 0.15) is 41.5 Å². The Balaban J connectivity index is 2.74. The normalized spacial score (nSPS) is 26.5. The summed E-state index contributed by atoms with van der Waals surface area (Å²) in [5.41, 5.74) is 0.135. The molecule has 3 heteroatoms. The van der Waals surface area contributed by atoms with E-state index in [0.29, 0.717) is 12.0 Å². The molecule has 0 aromatic carbocycles. The number of hydrogen-bond donors (Lipinski definition) is 1. The monoisotopic (exact) mass is 242 g/mol. The summed E-state index contributed by atoms with van der Waals surface area (Å²) < 4.78 is 5.57. The van der Waals surface area contributed by atoms with Crippen LogP contribution in [-0.2, 0) is 4.74 Å². The fourth-order valence-electron chi connectivity index (χ4n) is 2.57. The van der Waals surface area contributed by atoms with E-state index in [2.05, 4.69) is 51.8 Å². The summed E-state index contributed by atoms with van der Waals surface area (Å²) in [7, 11) is 1.80. The Kier molecular flexibility index (Phi) is 4.61. The first-order valence-electron chi connectivity index (χ1n) is 6.71. The summed E-state index contributed by atoms with van der Waals surface area (Å²) in [6.45, 7) is 16.6. The molecule has 3 nitrogen and oxygen atoms in total. The summed E-state index contributed by atoms with van der Waals surface area (Å²) in [5.74, 6) is 0.672. The summed E-state index contributed by atoms with van der Waals surface area (Å²) in [6.07, 6.45) is 0. The summed E-state index contributed by atoms with van der Waals surface area (Å²) in [5, 5.41) is 3.64. The van der Waals surface area contributed by atoms with Crippen LogP contribution in [0.4, 0.5) is 0 Å². The first-order chi connectivity index (χ1) is 7.67. The summed E-state index contributed by atoms with van der Waals surface area (Å²) in [4.78, 5) is 2.59. The lowest BCUT2D eigenvalue weighted by atomic mass is 9.91. The average molecular weight is 242 g/mol. The van der Waals surface area contributed by atoms with Gasteiger partial charge in [-0.05, 0) is 33.6 Å². The van der Waals surface area contributed by atoms with E-state index in [1.807, 2.05) is 0 Å². The fraction of sp³-hybridized carbons (Fsp3) is 1.00. The lowest BCUT2D eigenvalue weighted by Crippen LogP contribution is -2.64. The third kappa shape index (κ3) is 4.23. The molecular formula is C14H30N2O. The van der Waals surface area contributed by atoms with E-state index in [1.54, 1.807) is 7.11 Å². The molecule has 102 valence electrons. The molecule has 1 rings (SSSR count). The minimum atomic E-state index is -0.0689. The molecule has 17 heavy (non-hydrogen) atoms. The van der Waals surface area contributed by atoms with Crippen LogP contribution in [0.25, 0.3) is 0 Å². The molecule has 0 aliphatic carbocycles. The molecule has 1 atom stereocenters. The molecule has 1 saturated heterocycles. The first kappa shape index (κ1) is 14.9. The summed E-state index contributed by atoms with van der Waals surface area (Å²) in [6, 6.07) is 0.609. The van der Waals surface area contributed by atoms with Crippen molar-refractivity contribution in [2.75, 3.05) is 26.7 Å². The van der Waals surface area contributed by atoms with Gasteiger partial charge in [0, 0.05) is 38.3 Å². The molecule has 0 aromatic rings. The fourth-order valence-corrected chi connectivity index (χ4v) is 2.57. The van der Waals surface area contributed by atoms with Crippen LogP contribution >= 0.6 is 0 Å². The van der Waals surface area contributed by atoms with Crippen molar-refractivity contribution in [3.63, 3.8) is 0 Å². The van der Waals surface area contributed by atoms with Gasteiger partial charge in [-0.3, -0.25) is 4.90 Å². The molecule has 0 saturated carbocycles. The number of nitrogens with one attached hydrogen (secondary N) is 1. The Morgan fingerprint density at radius 1 is 1.41 bits per heavy atom. The minimum absolute atomic E-state index is 0.0689. The van der Waals surface area contributed by atoms with Gasteiger partial charge in [-0.25, -0.2) is 0 Å². The van der Waals surface area contributed by atoms with E-state index in [1.165, 1.54) is 0 Å². The lowest BCUT2D eigenvalue weighted by molar-refractivity contribution is -0.0402. The molecular weight excluding hydrogens is 212 g/mol. The van der Waals surface area contributed by atoms with Gasteiger partial charge >= 0.3 is 0 Å². The molecule has 0 spiro atoms.